The minimum absolute atomic E-state index is 0.109. The third kappa shape index (κ3) is 3.28. The number of ether oxygens (including phenoxy) is 2. The Kier molecular flexibility index (Phi) is 4.79. The van der Waals surface area contributed by atoms with Crippen LogP contribution >= 0.6 is 11.3 Å². The fourth-order valence-corrected chi connectivity index (χ4v) is 5.00. The van der Waals surface area contributed by atoms with Crippen LogP contribution in [-0.4, -0.2) is 57.0 Å². The Bertz CT molecular complexity index is 944. The fourth-order valence-electron chi connectivity index (χ4n) is 3.85. The van der Waals surface area contributed by atoms with Gasteiger partial charge in [0.15, 0.2) is 0 Å². The summed E-state index contributed by atoms with van der Waals surface area (Å²) < 4.78 is 13.1. The van der Waals surface area contributed by atoms with Crippen LogP contribution in [0.25, 0.3) is 4.96 Å². The maximum atomic E-state index is 10.9. The molecule has 0 amide bonds. The molecule has 1 aromatic carbocycles. The van der Waals surface area contributed by atoms with Crippen LogP contribution in [0.3, 0.4) is 0 Å². The highest BCUT2D eigenvalue weighted by Gasteiger charge is 2.35. The SMILES string of the molecule is COc1ccccc1C(c1sc2nc(C)nn2c1O)N1CC(C)OC(C)C1. The van der Waals surface area contributed by atoms with E-state index in [1.54, 1.807) is 7.11 Å². The van der Waals surface area contributed by atoms with Crippen LogP contribution < -0.4 is 4.74 Å². The summed E-state index contributed by atoms with van der Waals surface area (Å²) in [5, 5.41) is 15.3. The normalized spacial score (nSPS) is 22.2. The van der Waals surface area contributed by atoms with Crippen molar-refractivity contribution in [1.29, 1.82) is 0 Å². The zero-order chi connectivity index (χ0) is 19.1. The lowest BCUT2D eigenvalue weighted by molar-refractivity contribution is -0.0765. The molecule has 2 aromatic heterocycles. The molecule has 144 valence electrons. The number of nitrogens with zero attached hydrogens (tertiary/aromatic N) is 4. The molecule has 0 radical (unpaired) electrons. The number of benzene rings is 1. The van der Waals surface area contributed by atoms with Crippen molar-refractivity contribution in [1.82, 2.24) is 19.5 Å². The topological polar surface area (TPSA) is 72.1 Å². The summed E-state index contributed by atoms with van der Waals surface area (Å²) in [4.78, 5) is 8.27. The van der Waals surface area contributed by atoms with Gasteiger partial charge in [-0.05, 0) is 26.8 Å². The summed E-state index contributed by atoms with van der Waals surface area (Å²) >= 11 is 1.46. The molecule has 1 fully saturated rings. The first kappa shape index (κ1) is 18.2. The Morgan fingerprint density at radius 2 is 1.96 bits per heavy atom. The highest BCUT2D eigenvalue weighted by atomic mass is 32.1. The summed E-state index contributed by atoms with van der Waals surface area (Å²) in [6.07, 6.45) is 0.218. The largest absolute Gasteiger partial charge is 0.496 e. The minimum atomic E-state index is -0.163. The summed E-state index contributed by atoms with van der Waals surface area (Å²) in [7, 11) is 1.67. The van der Waals surface area contributed by atoms with Crippen LogP contribution in [0.15, 0.2) is 24.3 Å². The standard InChI is InChI=1S/C19H24N4O3S/c1-11-9-22(10-12(2)26-11)16(14-7-5-6-8-15(14)25-4)17-18(24)23-19(27-17)20-13(3)21-23/h5-8,11-12,16,24H,9-10H2,1-4H3. The number of rotatable bonds is 4. The highest BCUT2D eigenvalue weighted by Crippen LogP contribution is 2.43. The summed E-state index contributed by atoms with van der Waals surface area (Å²) in [6.45, 7) is 7.50. The van der Waals surface area contributed by atoms with E-state index < -0.39 is 0 Å². The van der Waals surface area contributed by atoms with Crippen molar-refractivity contribution in [2.75, 3.05) is 20.2 Å². The van der Waals surface area contributed by atoms with E-state index in [-0.39, 0.29) is 24.1 Å². The number of methoxy groups -OCH3 is 1. The van der Waals surface area contributed by atoms with Gasteiger partial charge in [-0.15, -0.1) is 5.10 Å². The van der Waals surface area contributed by atoms with Gasteiger partial charge < -0.3 is 14.6 Å². The van der Waals surface area contributed by atoms with E-state index in [0.717, 1.165) is 29.3 Å². The number of hydrogen-bond donors (Lipinski definition) is 1. The van der Waals surface area contributed by atoms with Crippen LogP contribution in [0.4, 0.5) is 0 Å². The molecule has 3 heterocycles. The second kappa shape index (κ2) is 7.10. The Morgan fingerprint density at radius 1 is 1.26 bits per heavy atom. The first-order valence-corrected chi connectivity index (χ1v) is 9.87. The van der Waals surface area contributed by atoms with Crippen molar-refractivity contribution >= 4 is 16.3 Å². The van der Waals surface area contributed by atoms with E-state index >= 15 is 0 Å². The maximum Gasteiger partial charge on any atom is 0.230 e. The maximum absolute atomic E-state index is 10.9. The first-order chi connectivity index (χ1) is 13.0. The van der Waals surface area contributed by atoms with Gasteiger partial charge in [-0.2, -0.15) is 4.52 Å². The zero-order valence-corrected chi connectivity index (χ0v) is 16.7. The van der Waals surface area contributed by atoms with Crippen molar-refractivity contribution in [3.63, 3.8) is 0 Å². The monoisotopic (exact) mass is 388 g/mol. The molecule has 1 aliphatic rings. The van der Waals surface area contributed by atoms with Gasteiger partial charge in [-0.25, -0.2) is 4.98 Å². The molecule has 4 rings (SSSR count). The molecule has 0 saturated carbocycles. The van der Waals surface area contributed by atoms with E-state index in [0.29, 0.717) is 10.8 Å². The van der Waals surface area contributed by atoms with Gasteiger partial charge in [0, 0.05) is 18.7 Å². The number of fused-ring (bicyclic) bond motifs is 1. The lowest BCUT2D eigenvalue weighted by Crippen LogP contribution is -2.47. The molecule has 8 heteroatoms. The lowest BCUT2D eigenvalue weighted by atomic mass is 10.0. The molecule has 1 saturated heterocycles. The summed E-state index contributed by atoms with van der Waals surface area (Å²) in [5.41, 5.74) is 1.01. The van der Waals surface area contributed by atoms with Crippen molar-refractivity contribution < 1.29 is 14.6 Å². The molecule has 7 nitrogen and oxygen atoms in total. The second-order valence-corrected chi connectivity index (χ2v) is 8.01. The van der Waals surface area contributed by atoms with Crippen LogP contribution in [0.5, 0.6) is 11.6 Å². The molecular weight excluding hydrogens is 364 g/mol. The lowest BCUT2D eigenvalue weighted by Gasteiger charge is -2.40. The van der Waals surface area contributed by atoms with E-state index in [4.69, 9.17) is 9.47 Å². The van der Waals surface area contributed by atoms with Gasteiger partial charge in [0.25, 0.3) is 0 Å². The number of aryl methyl sites for hydroxylation is 1. The van der Waals surface area contributed by atoms with Crippen molar-refractivity contribution in [3.05, 3.63) is 40.5 Å². The number of thiazole rings is 1. The van der Waals surface area contributed by atoms with Crippen LogP contribution in [-0.2, 0) is 4.74 Å². The third-order valence-electron chi connectivity index (χ3n) is 4.80. The van der Waals surface area contributed by atoms with Gasteiger partial charge >= 0.3 is 0 Å². The Hall–Kier alpha value is -2.16. The van der Waals surface area contributed by atoms with E-state index in [1.165, 1.54) is 15.9 Å². The third-order valence-corrected chi connectivity index (χ3v) is 5.87. The Labute approximate surface area is 162 Å². The average Bonchev–Trinajstić information content (AvgIpc) is 3.13. The molecule has 3 unspecified atom stereocenters. The smallest absolute Gasteiger partial charge is 0.230 e. The van der Waals surface area contributed by atoms with Crippen LogP contribution in [0.1, 0.15) is 36.2 Å². The van der Waals surface area contributed by atoms with Crippen molar-refractivity contribution in [3.8, 4) is 11.6 Å². The second-order valence-electron chi connectivity index (χ2n) is 7.00. The fraction of sp³-hybridized carbons (Fsp3) is 0.474. The van der Waals surface area contributed by atoms with Gasteiger partial charge in [0.05, 0.1) is 30.2 Å². The van der Waals surface area contributed by atoms with Gasteiger partial charge in [0.1, 0.15) is 11.6 Å². The first-order valence-electron chi connectivity index (χ1n) is 9.05. The number of aromatic hydroxyl groups is 1. The van der Waals surface area contributed by atoms with Crippen LogP contribution in [0.2, 0.25) is 0 Å². The summed E-state index contributed by atoms with van der Waals surface area (Å²) in [6, 6.07) is 7.79. The molecule has 3 aromatic rings. The molecule has 0 spiro atoms. The van der Waals surface area contributed by atoms with Crippen LogP contribution in [0, 0.1) is 6.92 Å². The van der Waals surface area contributed by atoms with Gasteiger partial charge in [-0.3, -0.25) is 4.90 Å². The number of aromatic nitrogens is 3. The number of hydrogen-bond acceptors (Lipinski definition) is 7. The molecule has 1 aliphatic heterocycles. The Balaban J connectivity index is 1.87. The van der Waals surface area contributed by atoms with Crippen molar-refractivity contribution in [2.24, 2.45) is 0 Å². The molecule has 27 heavy (non-hydrogen) atoms. The summed E-state index contributed by atoms with van der Waals surface area (Å²) in [5.74, 6) is 1.58. The minimum Gasteiger partial charge on any atom is -0.496 e. The number of para-hydroxylation sites is 1. The Morgan fingerprint density at radius 3 is 2.63 bits per heavy atom. The number of morpholine rings is 1. The molecule has 0 aliphatic carbocycles. The predicted octanol–water partition coefficient (Wildman–Crippen LogP) is 3.01. The van der Waals surface area contributed by atoms with E-state index in [9.17, 15) is 5.11 Å². The van der Waals surface area contributed by atoms with E-state index in [2.05, 4.69) is 34.9 Å². The molecule has 0 bridgehead atoms. The zero-order valence-electron chi connectivity index (χ0n) is 15.9. The van der Waals surface area contributed by atoms with Gasteiger partial charge in [-0.1, -0.05) is 29.5 Å². The average molecular weight is 388 g/mol. The quantitative estimate of drug-likeness (QED) is 0.741. The highest BCUT2D eigenvalue weighted by molar-refractivity contribution is 7.17. The predicted molar refractivity (Wildman–Crippen MR) is 104 cm³/mol. The molecule has 1 N–H and O–H groups in total. The van der Waals surface area contributed by atoms with Crippen molar-refractivity contribution in [2.45, 2.75) is 39.0 Å². The van der Waals surface area contributed by atoms with Gasteiger partial charge in [0.2, 0.25) is 10.8 Å². The molecule has 3 atom stereocenters. The molecular formula is C19H24N4O3S. The van der Waals surface area contributed by atoms with E-state index in [1.807, 2.05) is 25.1 Å².